The van der Waals surface area contributed by atoms with E-state index < -0.39 is 0 Å². The van der Waals surface area contributed by atoms with Crippen molar-refractivity contribution in [1.29, 1.82) is 0 Å². The number of azo groups is 1. The van der Waals surface area contributed by atoms with Crippen molar-refractivity contribution in [1.82, 2.24) is 0 Å². The van der Waals surface area contributed by atoms with Crippen LogP contribution in [0.1, 0.15) is 11.1 Å². The molecule has 4 nitrogen and oxygen atoms in total. The maximum Gasteiger partial charge on any atom is 0.121 e. The lowest BCUT2D eigenvalue weighted by Gasteiger charge is -2.06. The zero-order valence-electron chi connectivity index (χ0n) is 14.4. The zero-order chi connectivity index (χ0) is 17.4. The molecule has 2 aromatic rings. The highest BCUT2D eigenvalue weighted by molar-refractivity contribution is 7.98. The van der Waals surface area contributed by atoms with Gasteiger partial charge in [-0.25, -0.2) is 0 Å². The fourth-order valence-electron chi connectivity index (χ4n) is 2.25. The van der Waals surface area contributed by atoms with Crippen LogP contribution in [0.5, 0.6) is 11.5 Å². The first-order valence-corrected chi connectivity index (χ1v) is 10.2. The molecule has 0 atom stereocenters. The van der Waals surface area contributed by atoms with Crippen molar-refractivity contribution in [3.05, 3.63) is 47.5 Å². The van der Waals surface area contributed by atoms with Crippen LogP contribution in [0.2, 0.25) is 0 Å². The second-order valence-corrected chi connectivity index (χ2v) is 6.88. The van der Waals surface area contributed by atoms with Gasteiger partial charge in [0.05, 0.1) is 25.6 Å². The quantitative estimate of drug-likeness (QED) is 0.553. The highest BCUT2D eigenvalue weighted by Crippen LogP contribution is 2.29. The third kappa shape index (κ3) is 5.46. The van der Waals surface area contributed by atoms with Crippen molar-refractivity contribution in [2.24, 2.45) is 10.2 Å². The predicted octanol–water partition coefficient (Wildman–Crippen LogP) is 5.85. The summed E-state index contributed by atoms with van der Waals surface area (Å²) in [7, 11) is 3.33. The molecule has 6 heteroatoms. The summed E-state index contributed by atoms with van der Waals surface area (Å²) in [6.45, 7) is 0. The molecule has 0 amide bonds. The van der Waals surface area contributed by atoms with Crippen LogP contribution in [0, 0.1) is 0 Å². The normalized spacial score (nSPS) is 11.0. The molecule has 0 unspecified atom stereocenters. The molecule has 0 saturated carbocycles. The average molecular weight is 363 g/mol. The Morgan fingerprint density at radius 2 is 1.12 bits per heavy atom. The van der Waals surface area contributed by atoms with E-state index in [4.69, 9.17) is 9.47 Å². The first-order chi connectivity index (χ1) is 11.7. The van der Waals surface area contributed by atoms with E-state index in [9.17, 15) is 0 Å². The predicted molar refractivity (Wildman–Crippen MR) is 105 cm³/mol. The molecule has 0 N–H and O–H groups in total. The first kappa shape index (κ1) is 18.7. The summed E-state index contributed by atoms with van der Waals surface area (Å²) in [6, 6.07) is 11.9. The largest absolute Gasteiger partial charge is 0.497 e. The summed E-state index contributed by atoms with van der Waals surface area (Å²) in [5, 5.41) is 8.76. The molecule has 0 aliphatic heterocycles. The fraction of sp³-hybridized carbons (Fsp3) is 0.333. The van der Waals surface area contributed by atoms with Gasteiger partial charge in [-0.1, -0.05) is 0 Å². The van der Waals surface area contributed by atoms with Crippen LogP contribution >= 0.6 is 23.5 Å². The van der Waals surface area contributed by atoms with E-state index in [2.05, 4.69) is 22.7 Å². The van der Waals surface area contributed by atoms with Gasteiger partial charge in [0.15, 0.2) is 0 Å². The van der Waals surface area contributed by atoms with Gasteiger partial charge in [-0.05, 0) is 47.9 Å². The number of hydrogen-bond acceptors (Lipinski definition) is 6. The summed E-state index contributed by atoms with van der Waals surface area (Å²) in [5.41, 5.74) is 3.91. The molecule has 0 saturated heterocycles. The molecule has 0 aliphatic carbocycles. The third-order valence-corrected chi connectivity index (χ3v) is 4.52. The molecule has 0 radical (unpaired) electrons. The molecule has 0 heterocycles. The lowest BCUT2D eigenvalue weighted by molar-refractivity contribution is 0.414. The minimum Gasteiger partial charge on any atom is -0.497 e. The van der Waals surface area contributed by atoms with Crippen molar-refractivity contribution < 1.29 is 9.47 Å². The summed E-state index contributed by atoms with van der Waals surface area (Å²) in [5.74, 6) is 3.42. The Balaban J connectivity index is 2.29. The van der Waals surface area contributed by atoms with Crippen LogP contribution in [0.15, 0.2) is 46.6 Å². The number of benzene rings is 2. The van der Waals surface area contributed by atoms with E-state index in [1.54, 1.807) is 37.7 Å². The summed E-state index contributed by atoms with van der Waals surface area (Å²) in [4.78, 5) is 0. The lowest BCUT2D eigenvalue weighted by atomic mass is 10.2. The minimum absolute atomic E-state index is 0.785. The number of thioether (sulfide) groups is 2. The van der Waals surface area contributed by atoms with Crippen molar-refractivity contribution in [3.63, 3.8) is 0 Å². The molecule has 0 fully saturated rings. The monoisotopic (exact) mass is 362 g/mol. The van der Waals surface area contributed by atoms with Gasteiger partial charge in [0.25, 0.3) is 0 Å². The Labute approximate surface area is 152 Å². The molecule has 24 heavy (non-hydrogen) atoms. The molecule has 0 bridgehead atoms. The summed E-state index contributed by atoms with van der Waals surface area (Å²) in [6.07, 6.45) is 4.15. The maximum atomic E-state index is 5.35. The molecular weight excluding hydrogens is 340 g/mol. The number of nitrogens with zero attached hydrogens (tertiary/aromatic N) is 2. The van der Waals surface area contributed by atoms with Crippen LogP contribution in [0.4, 0.5) is 11.4 Å². The molecular formula is C18H22N2O2S2. The summed E-state index contributed by atoms with van der Waals surface area (Å²) >= 11 is 3.53. The van der Waals surface area contributed by atoms with Crippen molar-refractivity contribution in [2.75, 3.05) is 26.7 Å². The number of ether oxygens (including phenoxy) is 2. The van der Waals surface area contributed by atoms with Crippen molar-refractivity contribution in [3.8, 4) is 11.5 Å². The van der Waals surface area contributed by atoms with Crippen molar-refractivity contribution in [2.45, 2.75) is 11.5 Å². The van der Waals surface area contributed by atoms with Gasteiger partial charge in [0.1, 0.15) is 11.5 Å². The van der Waals surface area contributed by atoms with Gasteiger partial charge in [-0.15, -0.1) is 0 Å². The van der Waals surface area contributed by atoms with Gasteiger partial charge in [0, 0.05) is 23.6 Å². The van der Waals surface area contributed by atoms with Gasteiger partial charge in [0.2, 0.25) is 0 Å². The molecule has 0 aromatic heterocycles. The van der Waals surface area contributed by atoms with E-state index >= 15 is 0 Å². The fourth-order valence-corrected chi connectivity index (χ4v) is 3.25. The van der Waals surface area contributed by atoms with Crippen LogP contribution in [0.25, 0.3) is 0 Å². The van der Waals surface area contributed by atoms with Crippen LogP contribution in [-0.4, -0.2) is 26.7 Å². The molecule has 2 rings (SSSR count). The van der Waals surface area contributed by atoms with E-state index in [1.807, 2.05) is 36.4 Å². The highest BCUT2D eigenvalue weighted by atomic mass is 32.2. The van der Waals surface area contributed by atoms with Crippen LogP contribution in [0.3, 0.4) is 0 Å². The second-order valence-electron chi connectivity index (χ2n) is 5.14. The number of hydrogen-bond donors (Lipinski definition) is 0. The number of rotatable bonds is 8. The Hall–Kier alpha value is -1.66. The van der Waals surface area contributed by atoms with Crippen LogP contribution < -0.4 is 9.47 Å². The van der Waals surface area contributed by atoms with E-state index in [-0.39, 0.29) is 0 Å². The van der Waals surface area contributed by atoms with Crippen LogP contribution in [-0.2, 0) is 11.5 Å². The Morgan fingerprint density at radius 1 is 0.708 bits per heavy atom. The Kier molecular flexibility index (Phi) is 7.46. The number of methoxy groups -OCH3 is 2. The first-order valence-electron chi connectivity index (χ1n) is 7.44. The van der Waals surface area contributed by atoms with Gasteiger partial charge in [-0.2, -0.15) is 33.8 Å². The van der Waals surface area contributed by atoms with E-state index in [0.717, 1.165) is 34.4 Å². The topological polar surface area (TPSA) is 43.2 Å². The van der Waals surface area contributed by atoms with E-state index in [1.165, 1.54) is 11.1 Å². The molecule has 2 aromatic carbocycles. The van der Waals surface area contributed by atoms with Gasteiger partial charge < -0.3 is 9.47 Å². The third-order valence-electron chi connectivity index (χ3n) is 3.28. The zero-order valence-corrected chi connectivity index (χ0v) is 16.0. The minimum atomic E-state index is 0.785. The summed E-state index contributed by atoms with van der Waals surface area (Å²) < 4.78 is 10.7. The van der Waals surface area contributed by atoms with E-state index in [0.29, 0.717) is 0 Å². The smallest absolute Gasteiger partial charge is 0.121 e. The Bertz CT molecular complexity index is 646. The SMILES string of the molecule is COc1cc(CSC)cc(N=Nc2cc(CSC)cc(OC)c2)c1. The standard InChI is InChI=1S/C18H22N2O2S2/c1-21-17-7-13(11-23-3)5-15(9-17)19-20-16-6-14(12-24-4)8-18(10-16)22-2/h5-10H,11-12H2,1-4H3. The average Bonchev–Trinajstić information content (AvgIpc) is 2.60. The lowest BCUT2D eigenvalue weighted by Crippen LogP contribution is -1.86. The highest BCUT2D eigenvalue weighted by Gasteiger charge is 2.03. The molecule has 0 aliphatic rings. The second kappa shape index (κ2) is 9.59. The van der Waals surface area contributed by atoms with Gasteiger partial charge in [-0.3, -0.25) is 0 Å². The van der Waals surface area contributed by atoms with Crippen molar-refractivity contribution >= 4 is 34.9 Å². The molecule has 0 spiro atoms. The molecule has 128 valence electrons. The maximum absolute atomic E-state index is 5.35. The Morgan fingerprint density at radius 3 is 1.46 bits per heavy atom. The van der Waals surface area contributed by atoms with Gasteiger partial charge >= 0.3 is 0 Å².